The van der Waals surface area contributed by atoms with Gasteiger partial charge >= 0.3 is 0 Å². The molecule has 11 heavy (non-hydrogen) atoms. The van der Waals surface area contributed by atoms with Gasteiger partial charge in [-0.3, -0.25) is 4.79 Å². The minimum Gasteiger partial charge on any atom is -0.380 e. The van der Waals surface area contributed by atoms with Gasteiger partial charge in [-0.15, -0.1) is 6.58 Å². The number of rotatable bonds is 2. The van der Waals surface area contributed by atoms with Gasteiger partial charge in [0.15, 0.2) is 0 Å². The molecule has 2 nitrogen and oxygen atoms in total. The normalized spacial score (nSPS) is 25.2. The third-order valence-electron chi connectivity index (χ3n) is 1.86. The zero-order chi connectivity index (χ0) is 8.27. The summed E-state index contributed by atoms with van der Waals surface area (Å²) in [4.78, 5) is 11.2. The second-order valence-corrected chi connectivity index (χ2v) is 3.15. The Kier molecular flexibility index (Phi) is 2.83. The molecule has 0 bridgehead atoms. The van der Waals surface area contributed by atoms with Gasteiger partial charge in [-0.1, -0.05) is 5.57 Å². The third kappa shape index (κ3) is 2.46. The molecule has 0 spiro atoms. The molecule has 1 rings (SSSR count). The molecule has 0 aromatic heterocycles. The maximum absolute atomic E-state index is 11.2. The summed E-state index contributed by atoms with van der Waals surface area (Å²) in [6.07, 6.45) is 1.37. The van der Waals surface area contributed by atoms with E-state index < -0.39 is 0 Å². The summed E-state index contributed by atoms with van der Waals surface area (Å²) in [5, 5.41) is 0. The van der Waals surface area contributed by atoms with Crippen molar-refractivity contribution in [1.82, 2.24) is 0 Å². The Morgan fingerprint density at radius 1 is 1.82 bits per heavy atom. The van der Waals surface area contributed by atoms with Gasteiger partial charge in [0.2, 0.25) is 0 Å². The molecule has 2 heteroatoms. The van der Waals surface area contributed by atoms with Crippen molar-refractivity contribution in [3.8, 4) is 0 Å². The summed E-state index contributed by atoms with van der Waals surface area (Å²) in [6.45, 7) is 6.91. The first-order chi connectivity index (χ1) is 5.20. The molecule has 0 saturated carbocycles. The third-order valence-corrected chi connectivity index (χ3v) is 1.86. The maximum Gasteiger partial charge on any atom is 0.140 e. The molecule has 0 radical (unpaired) electrons. The van der Waals surface area contributed by atoms with Gasteiger partial charge in [0.25, 0.3) is 0 Å². The lowest BCUT2D eigenvalue weighted by Gasteiger charge is -2.20. The highest BCUT2D eigenvalue weighted by atomic mass is 16.5. The highest BCUT2D eigenvalue weighted by molar-refractivity contribution is 5.82. The number of ketones is 1. The Balaban J connectivity index is 2.42. The number of carbonyl (C=O) groups excluding carboxylic acids is 1. The Morgan fingerprint density at radius 2 is 2.55 bits per heavy atom. The second-order valence-electron chi connectivity index (χ2n) is 3.15. The number of hydrogen-bond acceptors (Lipinski definition) is 2. The standard InChI is InChI=1S/C9H14O2/c1-7(2)5-8-6-11-4-3-9(8)10/h8H,1,3-6H2,2H3/t8-/m0/s1. The molecule has 0 unspecified atom stereocenters. The summed E-state index contributed by atoms with van der Waals surface area (Å²) in [6, 6.07) is 0. The minimum absolute atomic E-state index is 0.0845. The zero-order valence-electron chi connectivity index (χ0n) is 6.93. The second kappa shape index (κ2) is 3.67. The molecule has 0 aliphatic carbocycles. The van der Waals surface area contributed by atoms with Crippen molar-refractivity contribution in [1.29, 1.82) is 0 Å². The molecule has 0 N–H and O–H groups in total. The van der Waals surface area contributed by atoms with Gasteiger partial charge < -0.3 is 4.74 Å². The first kappa shape index (κ1) is 8.47. The molecular formula is C9H14O2. The van der Waals surface area contributed by atoms with E-state index in [0.29, 0.717) is 25.4 Å². The van der Waals surface area contributed by atoms with Crippen LogP contribution >= 0.6 is 0 Å². The summed E-state index contributed by atoms with van der Waals surface area (Å²) in [5.74, 6) is 0.417. The lowest BCUT2D eigenvalue weighted by atomic mass is 9.94. The van der Waals surface area contributed by atoms with Crippen molar-refractivity contribution in [3.63, 3.8) is 0 Å². The number of hydrogen-bond donors (Lipinski definition) is 0. The quantitative estimate of drug-likeness (QED) is 0.564. The van der Waals surface area contributed by atoms with Crippen LogP contribution in [0, 0.1) is 5.92 Å². The van der Waals surface area contributed by atoms with Crippen LogP contribution in [0.4, 0.5) is 0 Å². The van der Waals surface area contributed by atoms with Crippen LogP contribution in [0.5, 0.6) is 0 Å². The summed E-state index contributed by atoms with van der Waals surface area (Å²) >= 11 is 0. The van der Waals surface area contributed by atoms with Gasteiger partial charge in [0, 0.05) is 12.3 Å². The van der Waals surface area contributed by atoms with Crippen molar-refractivity contribution in [3.05, 3.63) is 12.2 Å². The lowest BCUT2D eigenvalue weighted by molar-refractivity contribution is -0.130. The molecular weight excluding hydrogens is 140 g/mol. The van der Waals surface area contributed by atoms with Gasteiger partial charge in [-0.05, 0) is 13.3 Å². The number of carbonyl (C=O) groups is 1. The SMILES string of the molecule is C=C(C)C[C@H]1COCCC1=O. The van der Waals surface area contributed by atoms with Crippen molar-refractivity contribution < 1.29 is 9.53 Å². The number of ether oxygens (including phenoxy) is 1. The van der Waals surface area contributed by atoms with Crippen LogP contribution in [-0.4, -0.2) is 19.0 Å². The predicted octanol–water partition coefficient (Wildman–Crippen LogP) is 1.56. The van der Waals surface area contributed by atoms with E-state index >= 15 is 0 Å². The smallest absolute Gasteiger partial charge is 0.140 e. The zero-order valence-corrected chi connectivity index (χ0v) is 6.93. The largest absolute Gasteiger partial charge is 0.380 e. The predicted molar refractivity (Wildman–Crippen MR) is 43.4 cm³/mol. The molecule has 1 fully saturated rings. The van der Waals surface area contributed by atoms with Gasteiger partial charge in [0.05, 0.1) is 13.2 Å². The highest BCUT2D eigenvalue weighted by Crippen LogP contribution is 2.16. The first-order valence-corrected chi connectivity index (χ1v) is 3.95. The van der Waals surface area contributed by atoms with Crippen molar-refractivity contribution in [2.45, 2.75) is 19.8 Å². The first-order valence-electron chi connectivity index (χ1n) is 3.95. The van der Waals surface area contributed by atoms with Crippen LogP contribution in [0.1, 0.15) is 19.8 Å². The van der Waals surface area contributed by atoms with E-state index in [1.165, 1.54) is 0 Å². The lowest BCUT2D eigenvalue weighted by Crippen LogP contribution is -2.27. The molecule has 62 valence electrons. The highest BCUT2D eigenvalue weighted by Gasteiger charge is 2.22. The average molecular weight is 154 g/mol. The van der Waals surface area contributed by atoms with Gasteiger partial charge in [-0.25, -0.2) is 0 Å². The van der Waals surface area contributed by atoms with Crippen LogP contribution in [0.25, 0.3) is 0 Å². The fraction of sp³-hybridized carbons (Fsp3) is 0.667. The Hall–Kier alpha value is -0.630. The molecule has 0 aromatic rings. The monoisotopic (exact) mass is 154 g/mol. The number of Topliss-reactive ketones (excluding diaryl/α,β-unsaturated/α-hetero) is 1. The maximum atomic E-state index is 11.2. The molecule has 1 saturated heterocycles. The van der Waals surface area contributed by atoms with E-state index in [-0.39, 0.29) is 5.92 Å². The van der Waals surface area contributed by atoms with E-state index in [2.05, 4.69) is 6.58 Å². The summed E-state index contributed by atoms with van der Waals surface area (Å²) in [7, 11) is 0. The molecule has 0 amide bonds. The van der Waals surface area contributed by atoms with E-state index in [0.717, 1.165) is 12.0 Å². The molecule has 1 aliphatic heterocycles. The molecule has 0 aromatic carbocycles. The van der Waals surface area contributed by atoms with Crippen molar-refractivity contribution in [2.24, 2.45) is 5.92 Å². The number of allylic oxidation sites excluding steroid dienone is 1. The van der Waals surface area contributed by atoms with Crippen LogP contribution in [0.15, 0.2) is 12.2 Å². The van der Waals surface area contributed by atoms with Crippen molar-refractivity contribution in [2.75, 3.05) is 13.2 Å². The van der Waals surface area contributed by atoms with Crippen molar-refractivity contribution >= 4 is 5.78 Å². The van der Waals surface area contributed by atoms with Gasteiger partial charge in [-0.2, -0.15) is 0 Å². The minimum atomic E-state index is 0.0845. The Morgan fingerprint density at radius 3 is 3.09 bits per heavy atom. The Bertz CT molecular complexity index is 172. The van der Waals surface area contributed by atoms with Crippen LogP contribution in [-0.2, 0) is 9.53 Å². The fourth-order valence-corrected chi connectivity index (χ4v) is 1.29. The summed E-state index contributed by atoms with van der Waals surface area (Å²) in [5.41, 5.74) is 1.06. The fourth-order valence-electron chi connectivity index (χ4n) is 1.29. The molecule has 1 aliphatic rings. The van der Waals surface area contributed by atoms with Crippen LogP contribution in [0.3, 0.4) is 0 Å². The van der Waals surface area contributed by atoms with Crippen LogP contribution in [0.2, 0.25) is 0 Å². The van der Waals surface area contributed by atoms with Crippen LogP contribution < -0.4 is 0 Å². The van der Waals surface area contributed by atoms with E-state index in [1.54, 1.807) is 0 Å². The summed E-state index contributed by atoms with van der Waals surface area (Å²) < 4.78 is 5.19. The average Bonchev–Trinajstić information content (AvgIpc) is 1.93. The van der Waals surface area contributed by atoms with E-state index in [1.807, 2.05) is 6.92 Å². The molecule has 1 heterocycles. The molecule has 1 atom stereocenters. The topological polar surface area (TPSA) is 26.3 Å². The van der Waals surface area contributed by atoms with Gasteiger partial charge in [0.1, 0.15) is 5.78 Å². The Labute approximate surface area is 67.2 Å². The van der Waals surface area contributed by atoms with E-state index in [9.17, 15) is 4.79 Å². The van der Waals surface area contributed by atoms with E-state index in [4.69, 9.17) is 4.74 Å².